The maximum Gasteiger partial charge on any atom is 0.374 e. The third kappa shape index (κ3) is 3.62. The van der Waals surface area contributed by atoms with Crippen LogP contribution in [0.1, 0.15) is 23.2 Å². The summed E-state index contributed by atoms with van der Waals surface area (Å²) in [4.78, 5) is 11.6. The molecule has 6 heteroatoms. The number of ether oxygens (including phenoxy) is 2. The zero-order chi connectivity index (χ0) is 19.5. The Labute approximate surface area is 160 Å². The van der Waals surface area contributed by atoms with Crippen LogP contribution in [0.5, 0.6) is 5.75 Å². The average Bonchev–Trinajstić information content (AvgIpc) is 3.34. The van der Waals surface area contributed by atoms with Gasteiger partial charge in [-0.25, -0.2) is 9.18 Å². The Bertz CT molecular complexity index is 1110. The van der Waals surface area contributed by atoms with Gasteiger partial charge in [0, 0.05) is 23.3 Å². The van der Waals surface area contributed by atoms with Crippen LogP contribution in [0.25, 0.3) is 16.6 Å². The Hall–Kier alpha value is -3.54. The van der Waals surface area contributed by atoms with Crippen LogP contribution < -0.4 is 4.74 Å². The number of aromatic nitrogens is 1. The van der Waals surface area contributed by atoms with Gasteiger partial charge in [0.05, 0.1) is 12.1 Å². The summed E-state index contributed by atoms with van der Waals surface area (Å²) in [7, 11) is 0. The molecular formula is C22H17FNO4. The molecule has 0 saturated carbocycles. The van der Waals surface area contributed by atoms with E-state index in [9.17, 15) is 9.18 Å². The Morgan fingerprint density at radius 1 is 1.14 bits per heavy atom. The number of hydrogen-bond acceptors (Lipinski definition) is 4. The van der Waals surface area contributed by atoms with Gasteiger partial charge < -0.3 is 18.5 Å². The molecule has 0 saturated heterocycles. The predicted octanol–water partition coefficient (Wildman–Crippen LogP) is 4.92. The van der Waals surface area contributed by atoms with Crippen molar-refractivity contribution in [3.8, 4) is 11.4 Å². The lowest BCUT2D eigenvalue weighted by molar-refractivity contribution is 0.0486. The highest BCUT2D eigenvalue weighted by molar-refractivity contribution is 5.86. The molecule has 2 aromatic carbocycles. The van der Waals surface area contributed by atoms with Crippen LogP contribution in [0.2, 0.25) is 0 Å². The molecule has 0 bridgehead atoms. The Morgan fingerprint density at radius 3 is 2.75 bits per heavy atom. The number of carbonyl (C=O) groups excluding carboxylic acids is 1. The Kier molecular flexibility index (Phi) is 4.85. The molecule has 0 N–H and O–H groups in total. The number of nitrogens with zero attached hydrogens (tertiary/aromatic N) is 1. The molecule has 4 rings (SSSR count). The number of benzene rings is 2. The fraction of sp³-hybridized carbons (Fsp3) is 0.136. The van der Waals surface area contributed by atoms with Crippen LogP contribution in [0.15, 0.2) is 65.2 Å². The third-order valence-corrected chi connectivity index (χ3v) is 4.20. The van der Waals surface area contributed by atoms with Gasteiger partial charge in [-0.15, -0.1) is 0 Å². The first kappa shape index (κ1) is 17.9. The molecular weight excluding hydrogens is 361 g/mol. The van der Waals surface area contributed by atoms with E-state index in [1.54, 1.807) is 31.3 Å². The van der Waals surface area contributed by atoms with Crippen LogP contribution in [-0.4, -0.2) is 17.1 Å². The zero-order valence-electron chi connectivity index (χ0n) is 15.1. The van der Waals surface area contributed by atoms with Crippen molar-refractivity contribution in [3.63, 3.8) is 0 Å². The summed E-state index contributed by atoms with van der Waals surface area (Å²) in [6.07, 6.45) is 1.78. The van der Waals surface area contributed by atoms with E-state index < -0.39 is 5.97 Å². The molecule has 4 aromatic rings. The van der Waals surface area contributed by atoms with E-state index in [0.29, 0.717) is 18.1 Å². The Balaban J connectivity index is 1.44. The highest BCUT2D eigenvalue weighted by Gasteiger charge is 2.12. The molecule has 1 radical (unpaired) electrons. The second-order valence-corrected chi connectivity index (χ2v) is 6.07. The molecule has 0 amide bonds. The molecule has 28 heavy (non-hydrogen) atoms. The SMILES string of the molecule is CCOC(=O)c1ccc(COc2ccc(-n3c[c]c4cc(F)ccc43)cc2)o1. The molecule has 0 unspecified atom stereocenters. The highest BCUT2D eigenvalue weighted by atomic mass is 19.1. The van der Waals surface area contributed by atoms with Crippen molar-refractivity contribution in [2.24, 2.45) is 0 Å². The highest BCUT2D eigenvalue weighted by Crippen LogP contribution is 2.23. The predicted molar refractivity (Wildman–Crippen MR) is 101 cm³/mol. The molecule has 0 aliphatic rings. The molecule has 0 spiro atoms. The molecule has 2 aromatic heterocycles. The van der Waals surface area contributed by atoms with Crippen molar-refractivity contribution < 1.29 is 23.1 Å². The standard InChI is InChI=1S/C22H17FNO4/c1-2-26-22(25)21-10-8-19(28-21)14-27-18-6-4-17(5-7-18)24-12-11-15-13-16(23)3-9-20(15)24/h3-10,12-13H,2,14H2,1H3. The first-order valence-corrected chi connectivity index (χ1v) is 8.81. The summed E-state index contributed by atoms with van der Waals surface area (Å²) in [6, 6.07) is 18.4. The molecule has 0 aliphatic heterocycles. The van der Waals surface area contributed by atoms with E-state index in [2.05, 4.69) is 6.07 Å². The summed E-state index contributed by atoms with van der Waals surface area (Å²) < 4.78 is 31.3. The maximum absolute atomic E-state index is 13.3. The van der Waals surface area contributed by atoms with Gasteiger partial charge >= 0.3 is 5.97 Å². The average molecular weight is 378 g/mol. The van der Waals surface area contributed by atoms with Crippen molar-refractivity contribution in [1.82, 2.24) is 4.57 Å². The van der Waals surface area contributed by atoms with Gasteiger partial charge in [0.2, 0.25) is 5.76 Å². The van der Waals surface area contributed by atoms with Gasteiger partial charge in [-0.2, -0.15) is 0 Å². The molecule has 0 fully saturated rings. The molecule has 0 atom stereocenters. The van der Waals surface area contributed by atoms with E-state index in [0.717, 1.165) is 16.6 Å². The summed E-state index contributed by atoms with van der Waals surface area (Å²) >= 11 is 0. The van der Waals surface area contributed by atoms with Gasteiger partial charge in [-0.1, -0.05) is 0 Å². The number of hydrogen-bond donors (Lipinski definition) is 0. The minimum Gasteiger partial charge on any atom is -0.486 e. The normalized spacial score (nSPS) is 10.9. The van der Waals surface area contributed by atoms with E-state index in [4.69, 9.17) is 13.9 Å². The largest absolute Gasteiger partial charge is 0.486 e. The number of furan rings is 1. The van der Waals surface area contributed by atoms with E-state index in [-0.39, 0.29) is 18.2 Å². The summed E-state index contributed by atoms with van der Waals surface area (Å²) in [5, 5.41) is 0.718. The topological polar surface area (TPSA) is 53.6 Å². The smallest absolute Gasteiger partial charge is 0.374 e. The van der Waals surface area contributed by atoms with Crippen LogP contribution in [0.4, 0.5) is 4.39 Å². The molecule has 0 aliphatic carbocycles. The number of fused-ring (bicyclic) bond motifs is 1. The summed E-state index contributed by atoms with van der Waals surface area (Å²) in [5.74, 6) is 0.565. The fourth-order valence-electron chi connectivity index (χ4n) is 2.88. The zero-order valence-corrected chi connectivity index (χ0v) is 15.1. The van der Waals surface area contributed by atoms with Gasteiger partial charge in [-0.3, -0.25) is 0 Å². The lowest BCUT2D eigenvalue weighted by atomic mass is 10.2. The van der Waals surface area contributed by atoms with E-state index in [1.165, 1.54) is 12.1 Å². The molecule has 141 valence electrons. The monoisotopic (exact) mass is 378 g/mol. The van der Waals surface area contributed by atoms with Crippen LogP contribution in [-0.2, 0) is 11.3 Å². The van der Waals surface area contributed by atoms with Crippen molar-refractivity contribution in [2.45, 2.75) is 13.5 Å². The van der Waals surface area contributed by atoms with Crippen molar-refractivity contribution in [3.05, 3.63) is 84.2 Å². The fourth-order valence-corrected chi connectivity index (χ4v) is 2.88. The minimum atomic E-state index is -0.492. The van der Waals surface area contributed by atoms with Gasteiger partial charge in [0.25, 0.3) is 0 Å². The lowest BCUT2D eigenvalue weighted by Crippen LogP contribution is -2.02. The number of carbonyl (C=O) groups is 1. The van der Waals surface area contributed by atoms with E-state index >= 15 is 0 Å². The van der Waals surface area contributed by atoms with Crippen molar-refractivity contribution >= 4 is 16.9 Å². The first-order chi connectivity index (χ1) is 13.6. The van der Waals surface area contributed by atoms with Gasteiger partial charge in [-0.05, 0) is 61.5 Å². The van der Waals surface area contributed by atoms with Gasteiger partial charge in [0.1, 0.15) is 23.9 Å². The van der Waals surface area contributed by atoms with Crippen LogP contribution >= 0.6 is 0 Å². The third-order valence-electron chi connectivity index (χ3n) is 4.20. The number of rotatable bonds is 6. The quantitative estimate of drug-likeness (QED) is 0.447. The minimum absolute atomic E-state index is 0.156. The number of halogens is 1. The second kappa shape index (κ2) is 7.60. The Morgan fingerprint density at radius 2 is 1.96 bits per heavy atom. The molecule has 5 nitrogen and oxygen atoms in total. The van der Waals surface area contributed by atoms with E-state index in [1.807, 2.05) is 28.8 Å². The summed E-state index contributed by atoms with van der Waals surface area (Å²) in [5.41, 5.74) is 1.78. The second-order valence-electron chi connectivity index (χ2n) is 6.07. The summed E-state index contributed by atoms with van der Waals surface area (Å²) in [6.45, 7) is 2.22. The van der Waals surface area contributed by atoms with Crippen molar-refractivity contribution in [1.29, 1.82) is 0 Å². The maximum atomic E-state index is 13.3. The van der Waals surface area contributed by atoms with Crippen molar-refractivity contribution in [2.75, 3.05) is 6.61 Å². The molecule has 2 heterocycles. The van der Waals surface area contributed by atoms with Crippen LogP contribution in [0.3, 0.4) is 0 Å². The van der Waals surface area contributed by atoms with Crippen LogP contribution in [0, 0.1) is 11.9 Å². The van der Waals surface area contributed by atoms with Gasteiger partial charge in [0.15, 0.2) is 0 Å². The number of esters is 1. The lowest BCUT2D eigenvalue weighted by Gasteiger charge is -2.08. The first-order valence-electron chi connectivity index (χ1n) is 8.81.